The molecule has 28 heavy (non-hydrogen) atoms. The van der Waals surface area contributed by atoms with Crippen LogP contribution < -0.4 is 0 Å². The monoisotopic (exact) mass is 388 g/mol. The Hall–Kier alpha value is -3.01. The number of aromatic nitrogens is 1. The molecule has 2 heterocycles. The largest absolute Gasteiger partial charge is 0.336 e. The molecule has 1 aliphatic heterocycles. The van der Waals surface area contributed by atoms with E-state index in [9.17, 15) is 4.79 Å². The second kappa shape index (κ2) is 8.34. The van der Waals surface area contributed by atoms with E-state index in [1.165, 1.54) is 0 Å². The molecule has 0 radical (unpaired) electrons. The first kappa shape index (κ1) is 18.4. The molecule has 1 amide bonds. The van der Waals surface area contributed by atoms with Crippen LogP contribution in [0.15, 0.2) is 60.0 Å². The average Bonchev–Trinajstić information content (AvgIpc) is 3.23. The van der Waals surface area contributed by atoms with Crippen LogP contribution in [-0.4, -0.2) is 46.9 Å². The van der Waals surface area contributed by atoms with Crippen LogP contribution in [0.1, 0.15) is 20.9 Å². The van der Waals surface area contributed by atoms with Crippen LogP contribution in [0.4, 0.5) is 0 Å². The van der Waals surface area contributed by atoms with Crippen LogP contribution in [0.25, 0.3) is 11.3 Å². The van der Waals surface area contributed by atoms with Gasteiger partial charge in [-0.25, -0.2) is 4.98 Å². The first-order valence-electron chi connectivity index (χ1n) is 9.24. The van der Waals surface area contributed by atoms with Crippen LogP contribution in [-0.2, 0) is 6.54 Å². The van der Waals surface area contributed by atoms with Crippen molar-refractivity contribution in [3.8, 4) is 17.3 Å². The van der Waals surface area contributed by atoms with Gasteiger partial charge in [-0.2, -0.15) is 5.26 Å². The molecular formula is C22H20N4OS. The molecule has 1 aromatic heterocycles. The van der Waals surface area contributed by atoms with E-state index in [2.05, 4.69) is 28.5 Å². The number of carbonyl (C=O) groups excluding carboxylic acids is 1. The maximum atomic E-state index is 12.7. The topological polar surface area (TPSA) is 60.2 Å². The molecule has 1 aliphatic rings. The Balaban J connectivity index is 1.34. The second-order valence-corrected chi connectivity index (χ2v) is 7.70. The van der Waals surface area contributed by atoms with Crippen molar-refractivity contribution in [1.82, 2.24) is 14.8 Å². The van der Waals surface area contributed by atoms with E-state index in [0.717, 1.165) is 35.9 Å². The number of piperazine rings is 1. The Morgan fingerprint density at radius 1 is 1.07 bits per heavy atom. The van der Waals surface area contributed by atoms with Gasteiger partial charge in [0.15, 0.2) is 0 Å². The van der Waals surface area contributed by atoms with Crippen LogP contribution in [0, 0.1) is 11.3 Å². The minimum atomic E-state index is -0.00244. The summed E-state index contributed by atoms with van der Waals surface area (Å²) in [6.45, 7) is 3.83. The summed E-state index contributed by atoms with van der Waals surface area (Å²) < 4.78 is 0. The van der Waals surface area contributed by atoms with Gasteiger partial charge in [0, 0.05) is 42.7 Å². The van der Waals surface area contributed by atoms with Gasteiger partial charge in [-0.3, -0.25) is 9.69 Å². The van der Waals surface area contributed by atoms with Crippen molar-refractivity contribution >= 4 is 17.2 Å². The number of rotatable bonds is 4. The minimum absolute atomic E-state index is 0.00244. The molecule has 0 unspecified atom stereocenters. The van der Waals surface area contributed by atoms with Crippen molar-refractivity contribution in [2.45, 2.75) is 6.54 Å². The third-order valence-corrected chi connectivity index (χ3v) is 5.71. The standard InChI is InChI=1S/C22H20N4OS/c23-14-17-5-4-8-19(13-17)22(27)26-11-9-25(10-12-26)15-21-24-20(16-28-21)18-6-2-1-3-7-18/h1-8,13,16H,9-12,15H2. The Labute approximate surface area is 168 Å². The van der Waals surface area contributed by atoms with E-state index in [4.69, 9.17) is 10.2 Å². The lowest BCUT2D eigenvalue weighted by molar-refractivity contribution is 0.0628. The van der Waals surface area contributed by atoms with Crippen molar-refractivity contribution < 1.29 is 4.79 Å². The Kier molecular flexibility index (Phi) is 5.47. The van der Waals surface area contributed by atoms with Gasteiger partial charge in [-0.05, 0) is 18.2 Å². The zero-order valence-corrected chi connectivity index (χ0v) is 16.2. The maximum absolute atomic E-state index is 12.7. The van der Waals surface area contributed by atoms with Gasteiger partial charge in [0.1, 0.15) is 5.01 Å². The highest BCUT2D eigenvalue weighted by molar-refractivity contribution is 7.09. The van der Waals surface area contributed by atoms with Crippen LogP contribution in [0.5, 0.6) is 0 Å². The number of hydrogen-bond acceptors (Lipinski definition) is 5. The van der Waals surface area contributed by atoms with Crippen molar-refractivity contribution in [2.75, 3.05) is 26.2 Å². The summed E-state index contributed by atoms with van der Waals surface area (Å²) in [5.41, 5.74) is 3.26. The molecule has 0 saturated carbocycles. The third kappa shape index (κ3) is 4.11. The molecule has 0 N–H and O–H groups in total. The zero-order valence-electron chi connectivity index (χ0n) is 15.4. The lowest BCUT2D eigenvalue weighted by Gasteiger charge is -2.34. The van der Waals surface area contributed by atoms with E-state index in [-0.39, 0.29) is 5.91 Å². The van der Waals surface area contributed by atoms with Crippen LogP contribution in [0.3, 0.4) is 0 Å². The summed E-state index contributed by atoms with van der Waals surface area (Å²) in [4.78, 5) is 21.6. The molecular weight excluding hydrogens is 368 g/mol. The molecule has 4 rings (SSSR count). The predicted molar refractivity (Wildman–Crippen MR) is 110 cm³/mol. The zero-order chi connectivity index (χ0) is 19.3. The van der Waals surface area contributed by atoms with E-state index in [1.54, 1.807) is 35.6 Å². The molecule has 2 aromatic carbocycles. The molecule has 0 atom stereocenters. The maximum Gasteiger partial charge on any atom is 0.253 e. The lowest BCUT2D eigenvalue weighted by Crippen LogP contribution is -2.48. The molecule has 0 bridgehead atoms. The first-order chi connectivity index (χ1) is 13.7. The summed E-state index contributed by atoms with van der Waals surface area (Å²) in [5.74, 6) is -0.00244. The quantitative estimate of drug-likeness (QED) is 0.685. The van der Waals surface area contributed by atoms with Crippen LogP contribution in [0.2, 0.25) is 0 Å². The molecule has 0 spiro atoms. The van der Waals surface area contributed by atoms with Crippen molar-refractivity contribution in [2.24, 2.45) is 0 Å². The molecule has 5 nitrogen and oxygen atoms in total. The smallest absolute Gasteiger partial charge is 0.253 e. The van der Waals surface area contributed by atoms with Gasteiger partial charge in [0.05, 0.1) is 23.9 Å². The molecule has 1 saturated heterocycles. The fraction of sp³-hybridized carbons (Fsp3) is 0.227. The van der Waals surface area contributed by atoms with E-state index in [0.29, 0.717) is 24.2 Å². The lowest BCUT2D eigenvalue weighted by atomic mass is 10.1. The van der Waals surface area contributed by atoms with Crippen molar-refractivity contribution in [1.29, 1.82) is 5.26 Å². The Morgan fingerprint density at radius 3 is 2.61 bits per heavy atom. The minimum Gasteiger partial charge on any atom is -0.336 e. The van der Waals surface area contributed by atoms with E-state index in [1.807, 2.05) is 23.1 Å². The number of nitriles is 1. The summed E-state index contributed by atoms with van der Waals surface area (Å²) in [6.07, 6.45) is 0. The number of amides is 1. The Bertz CT molecular complexity index is 1000. The van der Waals surface area contributed by atoms with Crippen molar-refractivity contribution in [3.63, 3.8) is 0 Å². The number of thiazole rings is 1. The van der Waals surface area contributed by atoms with Gasteiger partial charge < -0.3 is 4.90 Å². The van der Waals surface area contributed by atoms with Crippen LogP contribution >= 0.6 is 11.3 Å². The fourth-order valence-corrected chi connectivity index (χ4v) is 4.17. The number of carbonyl (C=O) groups is 1. The molecule has 3 aromatic rings. The predicted octanol–water partition coefficient (Wildman–Crippen LogP) is 3.64. The SMILES string of the molecule is N#Cc1cccc(C(=O)N2CCN(Cc3nc(-c4ccccc4)cs3)CC2)c1. The highest BCUT2D eigenvalue weighted by atomic mass is 32.1. The summed E-state index contributed by atoms with van der Waals surface area (Å²) >= 11 is 1.68. The highest BCUT2D eigenvalue weighted by Gasteiger charge is 2.23. The number of nitrogens with zero attached hydrogens (tertiary/aromatic N) is 4. The van der Waals surface area contributed by atoms with Gasteiger partial charge in [-0.1, -0.05) is 36.4 Å². The van der Waals surface area contributed by atoms with Gasteiger partial charge in [0.2, 0.25) is 0 Å². The van der Waals surface area contributed by atoms with Crippen molar-refractivity contribution in [3.05, 3.63) is 76.1 Å². The van der Waals surface area contributed by atoms with E-state index < -0.39 is 0 Å². The third-order valence-electron chi connectivity index (χ3n) is 4.88. The number of hydrogen-bond donors (Lipinski definition) is 0. The summed E-state index contributed by atoms with van der Waals surface area (Å²) in [5, 5.41) is 12.2. The summed E-state index contributed by atoms with van der Waals surface area (Å²) in [6, 6.07) is 19.2. The normalized spacial score (nSPS) is 14.6. The van der Waals surface area contributed by atoms with Gasteiger partial charge in [-0.15, -0.1) is 11.3 Å². The fourth-order valence-electron chi connectivity index (χ4n) is 3.33. The number of benzene rings is 2. The molecule has 140 valence electrons. The van der Waals surface area contributed by atoms with E-state index >= 15 is 0 Å². The first-order valence-corrected chi connectivity index (χ1v) is 10.1. The molecule has 0 aliphatic carbocycles. The summed E-state index contributed by atoms with van der Waals surface area (Å²) in [7, 11) is 0. The van der Waals surface area contributed by atoms with Gasteiger partial charge in [0.25, 0.3) is 5.91 Å². The second-order valence-electron chi connectivity index (χ2n) is 6.75. The average molecular weight is 388 g/mol. The van der Waals surface area contributed by atoms with Gasteiger partial charge >= 0.3 is 0 Å². The molecule has 6 heteroatoms. The molecule has 1 fully saturated rings. The Morgan fingerprint density at radius 2 is 1.86 bits per heavy atom. The highest BCUT2D eigenvalue weighted by Crippen LogP contribution is 2.23.